The van der Waals surface area contributed by atoms with E-state index in [9.17, 15) is 13.5 Å². The van der Waals surface area contributed by atoms with Crippen molar-refractivity contribution in [2.45, 2.75) is 63.5 Å². The Labute approximate surface area is 127 Å². The summed E-state index contributed by atoms with van der Waals surface area (Å²) in [5.41, 5.74) is 1.56. The van der Waals surface area contributed by atoms with Crippen molar-refractivity contribution in [2.75, 3.05) is 0 Å². The molecule has 0 amide bonds. The van der Waals surface area contributed by atoms with Crippen LogP contribution in [0, 0.1) is 12.8 Å². The zero-order chi connectivity index (χ0) is 15.5. The summed E-state index contributed by atoms with van der Waals surface area (Å²) in [4.78, 5) is 0.245. The van der Waals surface area contributed by atoms with Crippen LogP contribution in [0.2, 0.25) is 0 Å². The van der Waals surface area contributed by atoms with Crippen molar-refractivity contribution in [2.24, 2.45) is 5.92 Å². The third-order valence-corrected chi connectivity index (χ3v) is 5.90. The maximum Gasteiger partial charge on any atom is 0.240 e. The molecule has 1 fully saturated rings. The van der Waals surface area contributed by atoms with Crippen LogP contribution in [-0.4, -0.2) is 19.6 Å². The predicted molar refractivity (Wildman–Crippen MR) is 83.5 cm³/mol. The van der Waals surface area contributed by atoms with Crippen LogP contribution < -0.4 is 4.72 Å². The lowest BCUT2D eigenvalue weighted by molar-refractivity contribution is 0.280. The molecule has 1 saturated carbocycles. The third kappa shape index (κ3) is 4.28. The first-order valence-electron chi connectivity index (χ1n) is 7.65. The second-order valence-electron chi connectivity index (χ2n) is 6.18. The quantitative estimate of drug-likeness (QED) is 0.840. The Kier molecular flexibility index (Phi) is 5.41. The average molecular weight is 311 g/mol. The van der Waals surface area contributed by atoms with Crippen LogP contribution in [0.25, 0.3) is 0 Å². The van der Waals surface area contributed by atoms with Gasteiger partial charge in [-0.3, -0.25) is 0 Å². The van der Waals surface area contributed by atoms with E-state index in [2.05, 4.69) is 11.6 Å². The number of hydrogen-bond acceptors (Lipinski definition) is 3. The summed E-state index contributed by atoms with van der Waals surface area (Å²) in [7, 11) is -3.50. The number of aliphatic hydroxyl groups excluding tert-OH is 1. The number of benzene rings is 1. The molecule has 2 N–H and O–H groups in total. The molecule has 21 heavy (non-hydrogen) atoms. The summed E-state index contributed by atoms with van der Waals surface area (Å²) in [6, 6.07) is 4.95. The lowest BCUT2D eigenvalue weighted by atomic mass is 10.0. The van der Waals surface area contributed by atoms with Crippen LogP contribution in [-0.2, 0) is 16.6 Å². The predicted octanol–water partition coefficient (Wildman–Crippen LogP) is 2.73. The number of aryl methyl sites for hydroxylation is 1. The lowest BCUT2D eigenvalue weighted by Gasteiger charge is -2.17. The normalized spacial score (nSPS) is 23.8. The molecule has 2 unspecified atom stereocenters. The standard InChI is InChI=1S/C16H25NO3S/c1-12-4-3-5-15(8-6-12)17-21(19,20)16-9-7-13(2)14(10-16)11-18/h7,9-10,12,15,17-18H,3-6,8,11H2,1-2H3. The van der Waals surface area contributed by atoms with Crippen molar-refractivity contribution in [3.05, 3.63) is 29.3 Å². The Morgan fingerprint density at radius 3 is 2.71 bits per heavy atom. The topological polar surface area (TPSA) is 66.4 Å². The fourth-order valence-electron chi connectivity index (χ4n) is 2.88. The van der Waals surface area contributed by atoms with Crippen LogP contribution in [0.15, 0.2) is 23.1 Å². The van der Waals surface area contributed by atoms with Crippen LogP contribution in [0.5, 0.6) is 0 Å². The molecule has 0 aromatic heterocycles. The smallest absolute Gasteiger partial charge is 0.240 e. The van der Waals surface area contributed by atoms with Crippen molar-refractivity contribution >= 4 is 10.0 Å². The molecule has 5 heteroatoms. The summed E-state index contributed by atoms with van der Waals surface area (Å²) in [6.45, 7) is 3.95. The Bertz CT molecular complexity index is 583. The summed E-state index contributed by atoms with van der Waals surface area (Å²) in [6.07, 6.45) is 5.13. The zero-order valence-corrected chi connectivity index (χ0v) is 13.6. The highest BCUT2D eigenvalue weighted by atomic mass is 32.2. The van der Waals surface area contributed by atoms with Crippen molar-refractivity contribution in [1.29, 1.82) is 0 Å². The summed E-state index contributed by atoms with van der Waals surface area (Å²) in [5, 5.41) is 9.28. The molecule has 2 rings (SSSR count). The van der Waals surface area contributed by atoms with Gasteiger partial charge in [0.05, 0.1) is 11.5 Å². The molecule has 0 saturated heterocycles. The fourth-order valence-corrected chi connectivity index (χ4v) is 4.23. The first kappa shape index (κ1) is 16.5. The number of nitrogens with one attached hydrogen (secondary N) is 1. The van der Waals surface area contributed by atoms with Gasteiger partial charge in [-0.15, -0.1) is 0 Å². The molecule has 0 aliphatic heterocycles. The van der Waals surface area contributed by atoms with E-state index in [-0.39, 0.29) is 17.5 Å². The van der Waals surface area contributed by atoms with E-state index in [0.717, 1.165) is 31.2 Å². The molecule has 0 heterocycles. The first-order valence-corrected chi connectivity index (χ1v) is 9.13. The molecule has 0 bridgehead atoms. The van der Waals surface area contributed by atoms with Gasteiger partial charge in [0.25, 0.3) is 0 Å². The van der Waals surface area contributed by atoms with Gasteiger partial charge in [0, 0.05) is 6.04 Å². The van der Waals surface area contributed by atoms with Gasteiger partial charge in [0.2, 0.25) is 10.0 Å². The van der Waals surface area contributed by atoms with Crippen molar-refractivity contribution in [1.82, 2.24) is 4.72 Å². The lowest BCUT2D eigenvalue weighted by Crippen LogP contribution is -2.34. The second kappa shape index (κ2) is 6.90. The van der Waals surface area contributed by atoms with Gasteiger partial charge in [-0.05, 0) is 55.4 Å². The van der Waals surface area contributed by atoms with Crippen LogP contribution >= 0.6 is 0 Å². The Balaban J connectivity index is 2.14. The fraction of sp³-hybridized carbons (Fsp3) is 0.625. The molecule has 2 atom stereocenters. The second-order valence-corrected chi connectivity index (χ2v) is 7.89. The Morgan fingerprint density at radius 1 is 1.24 bits per heavy atom. The van der Waals surface area contributed by atoms with Gasteiger partial charge in [0.15, 0.2) is 0 Å². The molecule has 0 radical (unpaired) electrons. The van der Waals surface area contributed by atoms with E-state index in [1.54, 1.807) is 18.2 Å². The van der Waals surface area contributed by atoms with E-state index in [1.807, 2.05) is 6.92 Å². The number of sulfonamides is 1. The van der Waals surface area contributed by atoms with Gasteiger partial charge in [-0.2, -0.15) is 0 Å². The Hall–Kier alpha value is -0.910. The number of aliphatic hydroxyl groups is 1. The van der Waals surface area contributed by atoms with Crippen molar-refractivity contribution < 1.29 is 13.5 Å². The average Bonchev–Trinajstić information content (AvgIpc) is 2.63. The molecule has 118 valence electrons. The van der Waals surface area contributed by atoms with Crippen LogP contribution in [0.1, 0.15) is 50.2 Å². The number of rotatable bonds is 4. The maximum absolute atomic E-state index is 12.5. The van der Waals surface area contributed by atoms with Gasteiger partial charge < -0.3 is 5.11 Å². The molecular formula is C16H25NO3S. The molecule has 1 aliphatic rings. The minimum Gasteiger partial charge on any atom is -0.392 e. The van der Waals surface area contributed by atoms with Crippen LogP contribution in [0.4, 0.5) is 0 Å². The molecular weight excluding hydrogens is 286 g/mol. The maximum atomic E-state index is 12.5. The van der Waals surface area contributed by atoms with E-state index < -0.39 is 10.0 Å². The largest absolute Gasteiger partial charge is 0.392 e. The minimum atomic E-state index is -3.50. The molecule has 1 aromatic rings. The summed E-state index contributed by atoms with van der Waals surface area (Å²) in [5.74, 6) is 0.680. The van der Waals surface area contributed by atoms with Gasteiger partial charge in [-0.1, -0.05) is 25.8 Å². The minimum absolute atomic E-state index is 0.0267. The molecule has 1 aliphatic carbocycles. The van der Waals surface area contributed by atoms with E-state index in [4.69, 9.17) is 0 Å². The summed E-state index contributed by atoms with van der Waals surface area (Å²) >= 11 is 0. The van der Waals surface area contributed by atoms with E-state index in [1.165, 1.54) is 6.42 Å². The monoisotopic (exact) mass is 311 g/mol. The number of hydrogen-bond donors (Lipinski definition) is 2. The SMILES string of the molecule is Cc1ccc(S(=O)(=O)NC2CCCC(C)CC2)cc1CO. The van der Waals surface area contributed by atoms with Crippen molar-refractivity contribution in [3.8, 4) is 0 Å². The highest BCUT2D eigenvalue weighted by molar-refractivity contribution is 7.89. The molecule has 0 spiro atoms. The van der Waals surface area contributed by atoms with Crippen LogP contribution in [0.3, 0.4) is 0 Å². The van der Waals surface area contributed by atoms with Gasteiger partial charge >= 0.3 is 0 Å². The van der Waals surface area contributed by atoms with Crippen molar-refractivity contribution in [3.63, 3.8) is 0 Å². The van der Waals surface area contributed by atoms with E-state index in [0.29, 0.717) is 11.5 Å². The Morgan fingerprint density at radius 2 is 2.00 bits per heavy atom. The highest BCUT2D eigenvalue weighted by Crippen LogP contribution is 2.24. The summed E-state index contributed by atoms with van der Waals surface area (Å²) < 4.78 is 27.8. The van der Waals surface area contributed by atoms with Gasteiger partial charge in [-0.25, -0.2) is 13.1 Å². The zero-order valence-electron chi connectivity index (χ0n) is 12.8. The highest BCUT2D eigenvalue weighted by Gasteiger charge is 2.23. The van der Waals surface area contributed by atoms with Gasteiger partial charge in [0.1, 0.15) is 0 Å². The first-order chi connectivity index (χ1) is 9.92. The third-order valence-electron chi connectivity index (χ3n) is 4.38. The molecule has 1 aromatic carbocycles. The van der Waals surface area contributed by atoms with E-state index >= 15 is 0 Å². The molecule has 4 nitrogen and oxygen atoms in total.